The Morgan fingerprint density at radius 2 is 1.37 bits per heavy atom. The third-order valence-electron chi connectivity index (χ3n) is 2.82. The molecule has 1 heteroatoms. The first-order chi connectivity index (χ1) is 9.33. The van der Waals surface area contributed by atoms with E-state index in [0.29, 0.717) is 11.1 Å². The van der Waals surface area contributed by atoms with E-state index in [0.717, 1.165) is 5.56 Å². The number of ketones is 1. The van der Waals surface area contributed by atoms with Gasteiger partial charge in [-0.05, 0) is 12.5 Å². The third kappa shape index (κ3) is 3.29. The predicted octanol–water partition coefficient (Wildman–Crippen LogP) is 4.53. The number of hydrogen-bond acceptors (Lipinski definition) is 1. The first-order valence-electron chi connectivity index (χ1n) is 6.31. The van der Waals surface area contributed by atoms with E-state index in [9.17, 15) is 4.79 Å². The quantitative estimate of drug-likeness (QED) is 0.441. The maximum atomic E-state index is 12.5. The molecule has 0 aromatic heterocycles. The smallest absolute Gasteiger partial charge is 0.193 e. The molecule has 0 aliphatic rings. The highest BCUT2D eigenvalue weighted by atomic mass is 16.1. The van der Waals surface area contributed by atoms with Gasteiger partial charge in [-0.25, -0.2) is 0 Å². The SMILES string of the molecule is C/C=C/C=C(\C(=O)c1ccccc1)c1ccccc1. The highest BCUT2D eigenvalue weighted by Crippen LogP contribution is 2.19. The monoisotopic (exact) mass is 248 g/mol. The van der Waals surface area contributed by atoms with Crippen molar-refractivity contribution in [2.75, 3.05) is 0 Å². The molecule has 0 saturated heterocycles. The van der Waals surface area contributed by atoms with Crippen LogP contribution < -0.4 is 0 Å². The number of Topliss-reactive ketones (excluding diaryl/α,β-unsaturated/α-hetero) is 1. The third-order valence-corrected chi connectivity index (χ3v) is 2.82. The van der Waals surface area contributed by atoms with Crippen LogP contribution in [0.25, 0.3) is 5.57 Å². The summed E-state index contributed by atoms with van der Waals surface area (Å²) in [5.74, 6) is 0.0462. The van der Waals surface area contributed by atoms with Crippen molar-refractivity contribution in [2.45, 2.75) is 6.92 Å². The molecular weight excluding hydrogens is 232 g/mol. The van der Waals surface area contributed by atoms with Crippen molar-refractivity contribution in [3.05, 3.63) is 90.0 Å². The Morgan fingerprint density at radius 1 is 0.842 bits per heavy atom. The zero-order chi connectivity index (χ0) is 13.5. The average Bonchev–Trinajstić information content (AvgIpc) is 2.49. The molecule has 94 valence electrons. The van der Waals surface area contributed by atoms with Crippen LogP contribution in [0.2, 0.25) is 0 Å². The maximum absolute atomic E-state index is 12.5. The van der Waals surface area contributed by atoms with Crippen LogP contribution in [0.3, 0.4) is 0 Å². The molecule has 0 atom stereocenters. The van der Waals surface area contributed by atoms with Gasteiger partial charge in [-0.1, -0.05) is 78.9 Å². The Labute approximate surface area is 113 Å². The second-order valence-corrected chi connectivity index (χ2v) is 4.17. The molecule has 0 fully saturated rings. The lowest BCUT2D eigenvalue weighted by Gasteiger charge is -2.06. The van der Waals surface area contributed by atoms with E-state index >= 15 is 0 Å². The van der Waals surface area contributed by atoms with Gasteiger partial charge in [0.05, 0.1) is 0 Å². The normalized spacial score (nSPS) is 11.7. The zero-order valence-corrected chi connectivity index (χ0v) is 10.9. The fourth-order valence-corrected chi connectivity index (χ4v) is 1.86. The Bertz CT molecular complexity index is 592. The molecule has 2 aromatic rings. The van der Waals surface area contributed by atoms with E-state index in [4.69, 9.17) is 0 Å². The fourth-order valence-electron chi connectivity index (χ4n) is 1.86. The van der Waals surface area contributed by atoms with Crippen molar-refractivity contribution < 1.29 is 4.79 Å². The zero-order valence-electron chi connectivity index (χ0n) is 10.9. The molecule has 0 bridgehead atoms. The maximum Gasteiger partial charge on any atom is 0.193 e. The van der Waals surface area contributed by atoms with Gasteiger partial charge in [-0.3, -0.25) is 4.79 Å². The molecule has 0 saturated carbocycles. The van der Waals surface area contributed by atoms with Crippen molar-refractivity contribution in [1.82, 2.24) is 0 Å². The number of carbonyl (C=O) groups excluding carboxylic acids is 1. The summed E-state index contributed by atoms with van der Waals surface area (Å²) in [5.41, 5.74) is 2.36. The molecule has 0 radical (unpaired) electrons. The first-order valence-corrected chi connectivity index (χ1v) is 6.31. The average molecular weight is 248 g/mol. The number of benzene rings is 2. The van der Waals surface area contributed by atoms with Crippen molar-refractivity contribution in [2.24, 2.45) is 0 Å². The van der Waals surface area contributed by atoms with Crippen molar-refractivity contribution in [3.63, 3.8) is 0 Å². The molecule has 2 rings (SSSR count). The number of allylic oxidation sites excluding steroid dienone is 4. The second kappa shape index (κ2) is 6.50. The highest BCUT2D eigenvalue weighted by molar-refractivity contribution is 6.29. The molecule has 0 N–H and O–H groups in total. The highest BCUT2D eigenvalue weighted by Gasteiger charge is 2.12. The summed E-state index contributed by atoms with van der Waals surface area (Å²) in [6.07, 6.45) is 5.68. The van der Waals surface area contributed by atoms with Gasteiger partial charge in [0.1, 0.15) is 0 Å². The van der Waals surface area contributed by atoms with Gasteiger partial charge in [-0.2, -0.15) is 0 Å². The van der Waals surface area contributed by atoms with Crippen LogP contribution in [-0.2, 0) is 0 Å². The van der Waals surface area contributed by atoms with Gasteiger partial charge < -0.3 is 0 Å². The van der Waals surface area contributed by atoms with E-state index in [1.807, 2.05) is 85.8 Å². The standard InChI is InChI=1S/C18H16O/c1-2-3-14-17(15-10-6-4-7-11-15)18(19)16-12-8-5-9-13-16/h2-14H,1H3/b3-2+,17-14-. The Hall–Kier alpha value is -2.41. The molecule has 0 heterocycles. The molecule has 19 heavy (non-hydrogen) atoms. The van der Waals surface area contributed by atoms with Crippen molar-refractivity contribution in [1.29, 1.82) is 0 Å². The molecule has 0 spiro atoms. The Kier molecular flexibility index (Phi) is 4.46. The summed E-state index contributed by atoms with van der Waals surface area (Å²) >= 11 is 0. The van der Waals surface area contributed by atoms with Crippen LogP contribution in [0.15, 0.2) is 78.9 Å². The Morgan fingerprint density at radius 3 is 1.89 bits per heavy atom. The van der Waals surface area contributed by atoms with Crippen LogP contribution >= 0.6 is 0 Å². The van der Waals surface area contributed by atoms with E-state index in [1.165, 1.54) is 0 Å². The number of rotatable bonds is 4. The van der Waals surface area contributed by atoms with Gasteiger partial charge in [-0.15, -0.1) is 0 Å². The van der Waals surface area contributed by atoms with E-state index in [-0.39, 0.29) is 5.78 Å². The molecule has 1 nitrogen and oxygen atoms in total. The lowest BCUT2D eigenvalue weighted by Crippen LogP contribution is -2.02. The lowest BCUT2D eigenvalue weighted by atomic mass is 9.96. The minimum absolute atomic E-state index is 0.0462. The summed E-state index contributed by atoms with van der Waals surface area (Å²) in [6.45, 7) is 1.94. The van der Waals surface area contributed by atoms with Gasteiger partial charge >= 0.3 is 0 Å². The molecule has 0 aliphatic carbocycles. The minimum Gasteiger partial charge on any atom is -0.289 e. The summed E-state index contributed by atoms with van der Waals surface area (Å²) in [4.78, 5) is 12.5. The van der Waals surface area contributed by atoms with Crippen LogP contribution in [-0.4, -0.2) is 5.78 Å². The van der Waals surface area contributed by atoms with Gasteiger partial charge in [0.2, 0.25) is 0 Å². The predicted molar refractivity (Wildman–Crippen MR) is 80.0 cm³/mol. The molecule has 0 unspecified atom stereocenters. The summed E-state index contributed by atoms with van der Waals surface area (Å²) in [5, 5.41) is 0. The van der Waals surface area contributed by atoms with Gasteiger partial charge in [0, 0.05) is 11.1 Å². The summed E-state index contributed by atoms with van der Waals surface area (Å²) in [7, 11) is 0. The largest absolute Gasteiger partial charge is 0.289 e. The topological polar surface area (TPSA) is 17.1 Å². The van der Waals surface area contributed by atoms with Crippen molar-refractivity contribution in [3.8, 4) is 0 Å². The van der Waals surface area contributed by atoms with Gasteiger partial charge in [0.25, 0.3) is 0 Å². The van der Waals surface area contributed by atoms with Crippen LogP contribution in [0.5, 0.6) is 0 Å². The first kappa shape index (κ1) is 13.0. The summed E-state index contributed by atoms with van der Waals surface area (Å²) < 4.78 is 0. The fraction of sp³-hybridized carbons (Fsp3) is 0.0556. The van der Waals surface area contributed by atoms with E-state index in [1.54, 1.807) is 0 Å². The molecular formula is C18H16O. The number of hydrogen-bond donors (Lipinski definition) is 0. The van der Waals surface area contributed by atoms with Gasteiger partial charge in [0.15, 0.2) is 5.78 Å². The van der Waals surface area contributed by atoms with Crippen LogP contribution in [0, 0.1) is 0 Å². The van der Waals surface area contributed by atoms with E-state index in [2.05, 4.69) is 0 Å². The van der Waals surface area contributed by atoms with Crippen LogP contribution in [0.1, 0.15) is 22.8 Å². The van der Waals surface area contributed by atoms with Crippen molar-refractivity contribution >= 4 is 11.4 Å². The number of carbonyl (C=O) groups is 1. The van der Waals surface area contributed by atoms with E-state index < -0.39 is 0 Å². The lowest BCUT2D eigenvalue weighted by molar-refractivity contribution is 0.105. The Balaban J connectivity index is 2.43. The second-order valence-electron chi connectivity index (χ2n) is 4.17. The molecule has 2 aromatic carbocycles. The molecule has 0 amide bonds. The molecule has 0 aliphatic heterocycles. The minimum atomic E-state index is 0.0462. The van der Waals surface area contributed by atoms with Crippen LogP contribution in [0.4, 0.5) is 0 Å². The summed E-state index contributed by atoms with van der Waals surface area (Å²) in [6, 6.07) is 19.1.